The van der Waals surface area contributed by atoms with Gasteiger partial charge in [-0.25, -0.2) is 4.37 Å². The topological polar surface area (TPSA) is 45.2 Å². The lowest BCUT2D eigenvalue weighted by atomic mass is 9.96. The molecule has 22 heavy (non-hydrogen) atoms. The van der Waals surface area contributed by atoms with Crippen molar-refractivity contribution in [2.45, 2.75) is 38.3 Å². The van der Waals surface area contributed by atoms with Crippen molar-refractivity contribution in [2.24, 2.45) is 0 Å². The van der Waals surface area contributed by atoms with Gasteiger partial charge < -0.3 is 4.90 Å². The highest BCUT2D eigenvalue weighted by Gasteiger charge is 2.31. The summed E-state index contributed by atoms with van der Waals surface area (Å²) in [6.07, 6.45) is 6.78. The van der Waals surface area contributed by atoms with Crippen LogP contribution in [0.4, 0.5) is 5.82 Å². The minimum Gasteiger partial charge on any atom is -0.352 e. The zero-order valence-electron chi connectivity index (χ0n) is 12.9. The zero-order valence-corrected chi connectivity index (χ0v) is 13.7. The van der Waals surface area contributed by atoms with E-state index in [1.165, 1.54) is 47.6 Å². The fraction of sp³-hybridized carbons (Fsp3) is 0.562. The van der Waals surface area contributed by atoms with Gasteiger partial charge in [0.2, 0.25) is 0 Å². The molecule has 0 spiro atoms. The van der Waals surface area contributed by atoms with E-state index in [1.807, 2.05) is 6.20 Å². The first-order chi connectivity index (χ1) is 10.8. The van der Waals surface area contributed by atoms with E-state index in [2.05, 4.69) is 42.9 Å². The number of aryl methyl sites for hydroxylation is 2. The Morgan fingerprint density at radius 1 is 1.27 bits per heavy atom. The SMILES string of the molecule is CN(Cc1cnsc1)C1CN(c2cc3c(nn2)CCCC3)C1. The van der Waals surface area contributed by atoms with E-state index >= 15 is 0 Å². The van der Waals surface area contributed by atoms with Crippen LogP contribution in [0.3, 0.4) is 0 Å². The highest BCUT2D eigenvalue weighted by Crippen LogP contribution is 2.26. The average molecular weight is 315 g/mol. The third-order valence-electron chi connectivity index (χ3n) is 4.78. The van der Waals surface area contributed by atoms with Crippen molar-refractivity contribution >= 4 is 17.4 Å². The third kappa shape index (κ3) is 2.73. The lowest BCUT2D eigenvalue weighted by Crippen LogP contribution is -2.58. The standard InChI is InChI=1S/C16H21N5S/c1-20(8-12-7-17-22-11-12)14-9-21(10-14)16-6-13-4-2-3-5-15(13)18-19-16/h6-7,11,14H,2-5,8-10H2,1H3. The molecule has 2 aliphatic rings. The lowest BCUT2D eigenvalue weighted by molar-refractivity contribution is 0.196. The molecule has 0 N–H and O–H groups in total. The van der Waals surface area contributed by atoms with Gasteiger partial charge in [0.1, 0.15) is 0 Å². The molecule has 6 heteroatoms. The second kappa shape index (κ2) is 5.93. The molecule has 1 saturated heterocycles. The van der Waals surface area contributed by atoms with Gasteiger partial charge in [0.05, 0.1) is 5.69 Å². The van der Waals surface area contributed by atoms with Crippen LogP contribution in [0.2, 0.25) is 0 Å². The third-order valence-corrected chi connectivity index (χ3v) is 5.42. The first kappa shape index (κ1) is 14.1. The van der Waals surface area contributed by atoms with Crippen molar-refractivity contribution in [3.05, 3.63) is 34.5 Å². The quantitative estimate of drug-likeness (QED) is 0.865. The van der Waals surface area contributed by atoms with Crippen molar-refractivity contribution in [2.75, 3.05) is 25.0 Å². The molecule has 0 atom stereocenters. The maximum Gasteiger partial charge on any atom is 0.151 e. The number of nitrogens with zero attached hydrogens (tertiary/aromatic N) is 5. The molecule has 2 aromatic heterocycles. The molecule has 3 heterocycles. The molecule has 0 bridgehead atoms. The second-order valence-corrected chi connectivity index (χ2v) is 7.05. The van der Waals surface area contributed by atoms with E-state index in [0.29, 0.717) is 6.04 Å². The lowest BCUT2D eigenvalue weighted by Gasteiger charge is -2.44. The summed E-state index contributed by atoms with van der Waals surface area (Å²) in [6.45, 7) is 3.06. The van der Waals surface area contributed by atoms with Crippen LogP contribution in [0.15, 0.2) is 17.6 Å². The van der Waals surface area contributed by atoms with Crippen LogP contribution < -0.4 is 4.90 Å². The Balaban J connectivity index is 1.36. The Bertz CT molecular complexity index is 636. The van der Waals surface area contributed by atoms with Crippen LogP contribution in [0.1, 0.15) is 29.7 Å². The molecule has 0 amide bonds. The van der Waals surface area contributed by atoms with E-state index in [-0.39, 0.29) is 0 Å². The maximum absolute atomic E-state index is 4.44. The Morgan fingerprint density at radius 3 is 2.95 bits per heavy atom. The van der Waals surface area contributed by atoms with Crippen LogP contribution in [-0.4, -0.2) is 45.6 Å². The summed E-state index contributed by atoms with van der Waals surface area (Å²) in [7, 11) is 2.19. The first-order valence-electron chi connectivity index (χ1n) is 7.98. The maximum atomic E-state index is 4.44. The summed E-state index contributed by atoms with van der Waals surface area (Å²) in [4.78, 5) is 4.75. The van der Waals surface area contributed by atoms with Crippen molar-refractivity contribution in [3.63, 3.8) is 0 Å². The number of anilines is 1. The van der Waals surface area contributed by atoms with E-state index in [4.69, 9.17) is 0 Å². The van der Waals surface area contributed by atoms with Crippen molar-refractivity contribution in [1.82, 2.24) is 19.5 Å². The van der Waals surface area contributed by atoms with Crippen LogP contribution in [0.25, 0.3) is 0 Å². The van der Waals surface area contributed by atoms with Gasteiger partial charge in [0.15, 0.2) is 5.82 Å². The van der Waals surface area contributed by atoms with Gasteiger partial charge in [0, 0.05) is 37.3 Å². The predicted molar refractivity (Wildman–Crippen MR) is 88.3 cm³/mol. The summed E-state index contributed by atoms with van der Waals surface area (Å²) < 4.78 is 4.17. The van der Waals surface area contributed by atoms with E-state index in [9.17, 15) is 0 Å². The molecule has 1 aliphatic carbocycles. The summed E-state index contributed by atoms with van der Waals surface area (Å²) in [5, 5.41) is 11.0. The normalized spacial score (nSPS) is 18.4. The predicted octanol–water partition coefficient (Wildman–Crippen LogP) is 2.13. The molecule has 1 aliphatic heterocycles. The Labute approximate surface area is 135 Å². The smallest absolute Gasteiger partial charge is 0.151 e. The Morgan fingerprint density at radius 2 is 2.14 bits per heavy atom. The monoisotopic (exact) mass is 315 g/mol. The van der Waals surface area contributed by atoms with Crippen LogP contribution >= 0.6 is 11.5 Å². The second-order valence-electron chi connectivity index (χ2n) is 6.39. The molecular weight excluding hydrogens is 294 g/mol. The van der Waals surface area contributed by atoms with Gasteiger partial charge in [-0.05, 0) is 61.5 Å². The van der Waals surface area contributed by atoms with Gasteiger partial charge in [-0.3, -0.25) is 4.90 Å². The molecule has 1 fully saturated rings. The summed E-state index contributed by atoms with van der Waals surface area (Å²) in [5.74, 6) is 1.06. The molecular formula is C16H21N5S. The number of fused-ring (bicyclic) bond motifs is 1. The molecule has 4 rings (SSSR count). The Hall–Kier alpha value is -1.53. The van der Waals surface area contributed by atoms with E-state index in [1.54, 1.807) is 0 Å². The fourth-order valence-corrected chi connectivity index (χ4v) is 3.80. The van der Waals surface area contributed by atoms with Crippen LogP contribution in [0.5, 0.6) is 0 Å². The van der Waals surface area contributed by atoms with Gasteiger partial charge >= 0.3 is 0 Å². The number of aromatic nitrogens is 3. The van der Waals surface area contributed by atoms with Gasteiger partial charge in [-0.15, -0.1) is 5.10 Å². The molecule has 0 aromatic carbocycles. The summed E-state index contributed by atoms with van der Waals surface area (Å²) >= 11 is 1.52. The van der Waals surface area contributed by atoms with Crippen molar-refractivity contribution in [1.29, 1.82) is 0 Å². The summed E-state index contributed by atoms with van der Waals surface area (Å²) in [5.41, 5.74) is 3.94. The largest absolute Gasteiger partial charge is 0.352 e. The minimum atomic E-state index is 0.595. The number of likely N-dealkylation sites (N-methyl/N-ethyl adjacent to an activating group) is 1. The molecule has 0 unspecified atom stereocenters. The number of hydrogen-bond donors (Lipinski definition) is 0. The molecule has 5 nitrogen and oxygen atoms in total. The van der Waals surface area contributed by atoms with E-state index < -0.39 is 0 Å². The average Bonchev–Trinajstić information content (AvgIpc) is 2.98. The highest BCUT2D eigenvalue weighted by molar-refractivity contribution is 7.03. The molecule has 116 valence electrons. The van der Waals surface area contributed by atoms with Crippen LogP contribution in [0, 0.1) is 0 Å². The fourth-order valence-electron chi connectivity index (χ4n) is 3.28. The minimum absolute atomic E-state index is 0.595. The van der Waals surface area contributed by atoms with E-state index in [0.717, 1.165) is 31.9 Å². The summed E-state index contributed by atoms with van der Waals surface area (Å²) in [6, 6.07) is 2.86. The van der Waals surface area contributed by atoms with Gasteiger partial charge in [0.25, 0.3) is 0 Å². The number of hydrogen-bond acceptors (Lipinski definition) is 6. The Kier molecular flexibility index (Phi) is 3.80. The first-order valence-corrected chi connectivity index (χ1v) is 8.82. The molecule has 0 saturated carbocycles. The molecule has 0 radical (unpaired) electrons. The van der Waals surface area contributed by atoms with Gasteiger partial charge in [-0.2, -0.15) is 5.10 Å². The highest BCUT2D eigenvalue weighted by atomic mass is 32.1. The van der Waals surface area contributed by atoms with Crippen molar-refractivity contribution < 1.29 is 0 Å². The number of rotatable bonds is 4. The van der Waals surface area contributed by atoms with Crippen LogP contribution in [-0.2, 0) is 19.4 Å². The zero-order chi connectivity index (χ0) is 14.9. The van der Waals surface area contributed by atoms with Gasteiger partial charge in [-0.1, -0.05) is 0 Å². The van der Waals surface area contributed by atoms with Crippen molar-refractivity contribution in [3.8, 4) is 0 Å². The molecule has 2 aromatic rings.